The molecule has 2 aromatic rings. The average molecular weight is 730 g/mol. The van der Waals surface area contributed by atoms with Gasteiger partial charge < -0.3 is 49.1 Å². The number of hydrogen-bond donors (Lipinski definition) is 3. The van der Waals surface area contributed by atoms with Gasteiger partial charge in [0.05, 0.1) is 13.7 Å². The van der Waals surface area contributed by atoms with Crippen LogP contribution in [0.2, 0.25) is 0 Å². The number of amides is 3. The molecule has 0 aromatic heterocycles. The topological polar surface area (TPSA) is 220 Å². The van der Waals surface area contributed by atoms with Gasteiger partial charge >= 0.3 is 30.0 Å². The van der Waals surface area contributed by atoms with Gasteiger partial charge in [-0.15, -0.1) is 0 Å². The molecule has 282 valence electrons. The van der Waals surface area contributed by atoms with Crippen LogP contribution in [-0.4, -0.2) is 105 Å². The summed E-state index contributed by atoms with van der Waals surface area (Å²) in [6.45, 7) is 3.16. The summed E-state index contributed by atoms with van der Waals surface area (Å²) in [5.74, 6) is -4.61. The molecule has 1 fully saturated rings. The van der Waals surface area contributed by atoms with E-state index in [9.17, 15) is 33.6 Å². The number of hydrogen-bond acceptors (Lipinski definition) is 14. The van der Waals surface area contributed by atoms with Crippen molar-refractivity contribution in [2.45, 2.75) is 83.5 Å². The Balaban J connectivity index is 1.93. The number of methoxy groups -OCH3 is 1. The summed E-state index contributed by atoms with van der Waals surface area (Å²) in [6, 6.07) is 13.4. The van der Waals surface area contributed by atoms with E-state index in [1.807, 2.05) is 0 Å². The van der Waals surface area contributed by atoms with Crippen LogP contribution < -0.4 is 16.0 Å². The third-order valence-electron chi connectivity index (χ3n) is 7.40. The maximum atomic E-state index is 13.8. The summed E-state index contributed by atoms with van der Waals surface area (Å²) in [5, 5.41) is 7.55. The van der Waals surface area contributed by atoms with Crippen LogP contribution in [0.4, 0.5) is 4.79 Å². The van der Waals surface area contributed by atoms with E-state index in [1.165, 1.54) is 0 Å². The maximum Gasteiger partial charge on any atom is 0.408 e. The molecule has 3 amide bonds. The Labute approximate surface area is 299 Å². The molecule has 3 N–H and O–H groups in total. The fourth-order valence-corrected chi connectivity index (χ4v) is 5.17. The lowest BCUT2D eigenvalue weighted by atomic mass is 9.96. The summed E-state index contributed by atoms with van der Waals surface area (Å²) in [7, 11) is 1.16. The first-order chi connectivity index (χ1) is 24.8. The molecule has 17 heteroatoms. The van der Waals surface area contributed by atoms with E-state index in [0.717, 1.165) is 34.8 Å². The van der Waals surface area contributed by atoms with Crippen LogP contribution >= 0.6 is 0 Å². The number of rotatable bonds is 16. The molecule has 1 heterocycles. The molecule has 0 spiro atoms. The zero-order valence-electron chi connectivity index (χ0n) is 29.4. The fraction of sp³-hybridized carbons (Fsp3) is 0.457. The molecule has 1 aliphatic rings. The van der Waals surface area contributed by atoms with Gasteiger partial charge in [0, 0.05) is 34.1 Å². The van der Waals surface area contributed by atoms with Crippen molar-refractivity contribution >= 4 is 41.8 Å². The van der Waals surface area contributed by atoms with Crippen LogP contribution in [0.3, 0.4) is 0 Å². The summed E-state index contributed by atoms with van der Waals surface area (Å²) in [5.41, 5.74) is 1.36. The monoisotopic (exact) mass is 729 g/mol. The first-order valence-corrected chi connectivity index (χ1v) is 16.2. The van der Waals surface area contributed by atoms with E-state index in [4.69, 9.17) is 33.2 Å². The second-order valence-electron chi connectivity index (χ2n) is 11.6. The Kier molecular flexibility index (Phi) is 16.0. The zero-order valence-corrected chi connectivity index (χ0v) is 29.4. The Bertz CT molecular complexity index is 1540. The number of esters is 4. The van der Waals surface area contributed by atoms with Crippen LogP contribution in [-0.2, 0) is 75.0 Å². The molecule has 52 heavy (non-hydrogen) atoms. The van der Waals surface area contributed by atoms with Crippen molar-refractivity contribution in [3.05, 3.63) is 71.8 Å². The van der Waals surface area contributed by atoms with Gasteiger partial charge in [-0.1, -0.05) is 60.7 Å². The normalized spacial score (nSPS) is 20.5. The second-order valence-corrected chi connectivity index (χ2v) is 11.6. The van der Waals surface area contributed by atoms with Gasteiger partial charge in [-0.2, -0.15) is 0 Å². The van der Waals surface area contributed by atoms with Crippen LogP contribution in [0.5, 0.6) is 0 Å². The van der Waals surface area contributed by atoms with Crippen molar-refractivity contribution < 1.29 is 66.7 Å². The van der Waals surface area contributed by atoms with Crippen molar-refractivity contribution in [2.75, 3.05) is 20.3 Å². The number of ether oxygens (including phenoxy) is 7. The van der Waals surface area contributed by atoms with Gasteiger partial charge in [-0.3, -0.25) is 24.0 Å². The van der Waals surface area contributed by atoms with Crippen molar-refractivity contribution in [1.29, 1.82) is 0 Å². The standard InChI is InChI=1S/C35H43N3O14/c1-20(39)36-29-31(51-23(4)42)30(50-22(3)41)28(19-47-21(2)40)52-34(29)48-18-27(38-35(45)49-17-25-14-10-7-11-15-25)32(43)37-26(33(44)46-5)16-24-12-8-6-9-13-24/h6-15,26-31,34H,16-19H2,1-5H3,(H,36,39)(H,37,43)(H,38,45). The minimum atomic E-state index is -1.56. The Morgan fingerprint density at radius 3 is 1.88 bits per heavy atom. The lowest BCUT2D eigenvalue weighted by molar-refractivity contribution is -0.278. The lowest BCUT2D eigenvalue weighted by Gasteiger charge is -2.45. The molecular weight excluding hydrogens is 686 g/mol. The van der Waals surface area contributed by atoms with E-state index in [1.54, 1.807) is 60.7 Å². The number of alkyl carbamates (subject to hydrolysis) is 1. The van der Waals surface area contributed by atoms with Gasteiger partial charge in [-0.25, -0.2) is 9.59 Å². The third kappa shape index (κ3) is 13.3. The van der Waals surface area contributed by atoms with Gasteiger partial charge in [-0.05, 0) is 11.1 Å². The van der Waals surface area contributed by atoms with E-state index in [0.29, 0.717) is 11.1 Å². The highest BCUT2D eigenvalue weighted by atomic mass is 16.7. The Morgan fingerprint density at radius 1 is 0.731 bits per heavy atom. The molecule has 7 unspecified atom stereocenters. The Hall–Kier alpha value is -5.55. The van der Waals surface area contributed by atoms with Gasteiger partial charge in [0.2, 0.25) is 11.8 Å². The van der Waals surface area contributed by atoms with E-state index in [-0.39, 0.29) is 13.0 Å². The van der Waals surface area contributed by atoms with Crippen LogP contribution in [0, 0.1) is 0 Å². The Morgan fingerprint density at radius 2 is 1.33 bits per heavy atom. The lowest BCUT2D eigenvalue weighted by Crippen LogP contribution is -2.67. The van der Waals surface area contributed by atoms with Crippen molar-refractivity contribution in [1.82, 2.24) is 16.0 Å². The third-order valence-corrected chi connectivity index (χ3v) is 7.40. The second kappa shape index (κ2) is 20.3. The number of carbonyl (C=O) groups is 7. The molecule has 2 aromatic carbocycles. The molecule has 7 atom stereocenters. The molecule has 0 aliphatic carbocycles. The summed E-state index contributed by atoms with van der Waals surface area (Å²) >= 11 is 0. The van der Waals surface area contributed by atoms with E-state index >= 15 is 0 Å². The predicted octanol–water partition coefficient (Wildman–Crippen LogP) is 0.855. The fourth-order valence-electron chi connectivity index (χ4n) is 5.17. The number of benzene rings is 2. The van der Waals surface area contributed by atoms with Gasteiger partial charge in [0.1, 0.15) is 37.4 Å². The highest BCUT2D eigenvalue weighted by molar-refractivity contribution is 5.90. The summed E-state index contributed by atoms with van der Waals surface area (Å²) in [4.78, 5) is 87.8. The quantitative estimate of drug-likeness (QED) is 0.161. The summed E-state index contributed by atoms with van der Waals surface area (Å²) < 4.78 is 38.1. The van der Waals surface area contributed by atoms with Gasteiger partial charge in [0.15, 0.2) is 18.5 Å². The molecule has 0 bridgehead atoms. The van der Waals surface area contributed by atoms with E-state index in [2.05, 4.69) is 16.0 Å². The zero-order chi connectivity index (χ0) is 38.2. The highest BCUT2D eigenvalue weighted by Crippen LogP contribution is 2.28. The molecule has 17 nitrogen and oxygen atoms in total. The first kappa shape index (κ1) is 40.9. The van der Waals surface area contributed by atoms with Gasteiger partial charge in [0.25, 0.3) is 0 Å². The highest BCUT2D eigenvalue weighted by Gasteiger charge is 2.51. The first-order valence-electron chi connectivity index (χ1n) is 16.2. The molecular formula is C35H43N3O14. The van der Waals surface area contributed by atoms with Crippen molar-refractivity contribution in [3.63, 3.8) is 0 Å². The SMILES string of the molecule is COC(=O)C(Cc1ccccc1)NC(=O)C(COC1OC(COC(C)=O)C(OC(C)=O)C(OC(C)=O)C1NC(C)=O)NC(=O)OCc1ccccc1. The minimum absolute atomic E-state index is 0.0427. The minimum Gasteiger partial charge on any atom is -0.467 e. The largest absolute Gasteiger partial charge is 0.467 e. The average Bonchev–Trinajstić information content (AvgIpc) is 3.10. The smallest absolute Gasteiger partial charge is 0.408 e. The predicted molar refractivity (Wildman–Crippen MR) is 178 cm³/mol. The van der Waals surface area contributed by atoms with Crippen molar-refractivity contribution in [2.24, 2.45) is 0 Å². The maximum absolute atomic E-state index is 13.8. The summed E-state index contributed by atoms with van der Waals surface area (Å²) in [6.07, 6.45) is -6.65. The van der Waals surface area contributed by atoms with Crippen molar-refractivity contribution in [3.8, 4) is 0 Å². The molecule has 0 radical (unpaired) electrons. The molecule has 0 saturated carbocycles. The molecule has 1 aliphatic heterocycles. The van der Waals surface area contributed by atoms with Crippen LogP contribution in [0.25, 0.3) is 0 Å². The van der Waals surface area contributed by atoms with Crippen LogP contribution in [0.15, 0.2) is 60.7 Å². The number of carbonyl (C=O) groups excluding carboxylic acids is 7. The molecule has 1 saturated heterocycles. The number of nitrogens with one attached hydrogen (secondary N) is 3. The van der Waals surface area contributed by atoms with Crippen LogP contribution in [0.1, 0.15) is 38.8 Å². The molecule has 3 rings (SSSR count). The van der Waals surface area contributed by atoms with E-state index < -0.39 is 97.7 Å².